The first-order valence-corrected chi connectivity index (χ1v) is 4.06. The highest BCUT2D eigenvalue weighted by Crippen LogP contribution is 2.07. The quantitative estimate of drug-likeness (QED) is 0.753. The molecule has 4 nitrogen and oxygen atoms in total. The molecule has 1 aromatic rings. The van der Waals surface area contributed by atoms with Crippen molar-refractivity contribution in [3.63, 3.8) is 0 Å². The van der Waals surface area contributed by atoms with E-state index in [1.807, 2.05) is 0 Å². The van der Waals surface area contributed by atoms with Gasteiger partial charge in [-0.2, -0.15) is 0 Å². The van der Waals surface area contributed by atoms with Crippen LogP contribution < -0.4 is 5.56 Å². The minimum absolute atomic E-state index is 0.281. The van der Waals surface area contributed by atoms with E-state index in [-0.39, 0.29) is 5.56 Å². The summed E-state index contributed by atoms with van der Waals surface area (Å²) in [5, 5.41) is 8.79. The summed E-state index contributed by atoms with van der Waals surface area (Å²) in [4.78, 5) is 21.9. The molecule has 1 aromatic heterocycles. The van der Waals surface area contributed by atoms with Gasteiger partial charge in [0.05, 0.1) is 0 Å². The van der Waals surface area contributed by atoms with Crippen LogP contribution in [0.1, 0.15) is 19.4 Å². The molecule has 0 fully saturated rings. The second-order valence-corrected chi connectivity index (χ2v) is 2.71. The molecule has 1 N–H and O–H groups in total. The minimum atomic E-state index is -0.976. The van der Waals surface area contributed by atoms with Crippen LogP contribution in [0.2, 0.25) is 0 Å². The van der Waals surface area contributed by atoms with E-state index in [0.29, 0.717) is 6.42 Å². The highest BCUT2D eigenvalue weighted by molar-refractivity contribution is 5.71. The van der Waals surface area contributed by atoms with Gasteiger partial charge in [0.15, 0.2) is 0 Å². The molecule has 13 heavy (non-hydrogen) atoms. The van der Waals surface area contributed by atoms with Gasteiger partial charge in [-0.15, -0.1) is 0 Å². The Balaban J connectivity index is 3.12. The average Bonchev–Trinajstić information content (AvgIpc) is 2.09. The number of aliphatic carboxylic acids is 1. The zero-order chi connectivity index (χ0) is 9.84. The molecular formula is C9H11NO3. The Morgan fingerprint density at radius 3 is 2.77 bits per heavy atom. The second kappa shape index (κ2) is 3.89. The Morgan fingerprint density at radius 1 is 1.62 bits per heavy atom. The maximum atomic E-state index is 11.2. The maximum Gasteiger partial charge on any atom is 0.326 e. The van der Waals surface area contributed by atoms with Crippen molar-refractivity contribution in [2.75, 3.05) is 0 Å². The van der Waals surface area contributed by atoms with Gasteiger partial charge in [0.1, 0.15) is 6.04 Å². The van der Waals surface area contributed by atoms with E-state index >= 15 is 0 Å². The Kier molecular flexibility index (Phi) is 2.84. The smallest absolute Gasteiger partial charge is 0.326 e. The monoisotopic (exact) mass is 181 g/mol. The van der Waals surface area contributed by atoms with Gasteiger partial charge in [0, 0.05) is 12.3 Å². The summed E-state index contributed by atoms with van der Waals surface area (Å²) in [7, 11) is 0. The van der Waals surface area contributed by atoms with Crippen molar-refractivity contribution in [1.82, 2.24) is 4.57 Å². The molecule has 0 radical (unpaired) electrons. The van der Waals surface area contributed by atoms with Crippen LogP contribution in [0.15, 0.2) is 29.2 Å². The van der Waals surface area contributed by atoms with Gasteiger partial charge in [-0.3, -0.25) is 4.79 Å². The van der Waals surface area contributed by atoms with Crippen LogP contribution in [0, 0.1) is 0 Å². The molecule has 0 saturated heterocycles. The Hall–Kier alpha value is -1.58. The van der Waals surface area contributed by atoms with Crippen LogP contribution in [0.5, 0.6) is 0 Å². The number of nitrogens with zero attached hydrogens (tertiary/aromatic N) is 1. The topological polar surface area (TPSA) is 59.3 Å². The Bertz CT molecular complexity index is 356. The second-order valence-electron chi connectivity index (χ2n) is 2.71. The average molecular weight is 181 g/mol. The van der Waals surface area contributed by atoms with Gasteiger partial charge in [-0.25, -0.2) is 4.79 Å². The van der Waals surface area contributed by atoms with E-state index < -0.39 is 12.0 Å². The molecule has 1 unspecified atom stereocenters. The van der Waals surface area contributed by atoms with Crippen molar-refractivity contribution in [3.05, 3.63) is 34.7 Å². The summed E-state index contributed by atoms with van der Waals surface area (Å²) < 4.78 is 1.22. The van der Waals surface area contributed by atoms with Gasteiger partial charge in [0.25, 0.3) is 5.56 Å². The van der Waals surface area contributed by atoms with Crippen molar-refractivity contribution in [2.24, 2.45) is 0 Å². The fraction of sp³-hybridized carbons (Fsp3) is 0.333. The van der Waals surface area contributed by atoms with Crippen molar-refractivity contribution >= 4 is 5.97 Å². The molecule has 0 aliphatic rings. The predicted molar refractivity (Wildman–Crippen MR) is 47.7 cm³/mol. The number of carboxylic acid groups (broad SMARTS) is 1. The number of rotatable bonds is 3. The lowest BCUT2D eigenvalue weighted by molar-refractivity contribution is -0.141. The number of pyridine rings is 1. The van der Waals surface area contributed by atoms with E-state index in [1.54, 1.807) is 19.1 Å². The number of carbonyl (C=O) groups is 1. The molecule has 70 valence electrons. The van der Waals surface area contributed by atoms with Crippen molar-refractivity contribution in [2.45, 2.75) is 19.4 Å². The molecular weight excluding hydrogens is 170 g/mol. The third-order valence-electron chi connectivity index (χ3n) is 1.86. The van der Waals surface area contributed by atoms with Gasteiger partial charge in [-0.05, 0) is 12.5 Å². The highest BCUT2D eigenvalue weighted by atomic mass is 16.4. The summed E-state index contributed by atoms with van der Waals surface area (Å²) >= 11 is 0. The number of carboxylic acids is 1. The van der Waals surface area contributed by atoms with E-state index in [4.69, 9.17) is 5.11 Å². The molecule has 1 heterocycles. The van der Waals surface area contributed by atoms with E-state index in [9.17, 15) is 9.59 Å². The third-order valence-corrected chi connectivity index (χ3v) is 1.86. The summed E-state index contributed by atoms with van der Waals surface area (Å²) in [5.74, 6) is -0.976. The molecule has 0 amide bonds. The maximum absolute atomic E-state index is 11.2. The van der Waals surface area contributed by atoms with Gasteiger partial charge >= 0.3 is 5.97 Å². The fourth-order valence-electron chi connectivity index (χ4n) is 1.19. The van der Waals surface area contributed by atoms with Crippen molar-refractivity contribution < 1.29 is 9.90 Å². The summed E-state index contributed by atoms with van der Waals surface area (Å²) in [5.41, 5.74) is -0.281. The molecule has 0 bridgehead atoms. The lowest BCUT2D eigenvalue weighted by Gasteiger charge is -2.12. The van der Waals surface area contributed by atoms with Crippen LogP contribution >= 0.6 is 0 Å². The molecule has 0 aromatic carbocycles. The zero-order valence-corrected chi connectivity index (χ0v) is 7.30. The van der Waals surface area contributed by atoms with Crippen LogP contribution in [0.3, 0.4) is 0 Å². The van der Waals surface area contributed by atoms with Crippen LogP contribution in [-0.4, -0.2) is 15.6 Å². The molecule has 0 saturated carbocycles. The van der Waals surface area contributed by atoms with E-state index in [2.05, 4.69) is 0 Å². The van der Waals surface area contributed by atoms with Crippen LogP contribution in [0.4, 0.5) is 0 Å². The van der Waals surface area contributed by atoms with Crippen LogP contribution in [0.25, 0.3) is 0 Å². The first-order valence-electron chi connectivity index (χ1n) is 4.06. The number of aromatic nitrogens is 1. The molecule has 0 aliphatic carbocycles. The van der Waals surface area contributed by atoms with E-state index in [0.717, 1.165) is 0 Å². The van der Waals surface area contributed by atoms with Crippen molar-refractivity contribution in [3.8, 4) is 0 Å². The molecule has 4 heteroatoms. The molecule has 0 aliphatic heterocycles. The fourth-order valence-corrected chi connectivity index (χ4v) is 1.19. The highest BCUT2D eigenvalue weighted by Gasteiger charge is 2.16. The zero-order valence-electron chi connectivity index (χ0n) is 7.30. The number of hydrogen-bond donors (Lipinski definition) is 1. The summed E-state index contributed by atoms with van der Waals surface area (Å²) in [6.07, 6.45) is 1.89. The van der Waals surface area contributed by atoms with Gasteiger partial charge < -0.3 is 9.67 Å². The minimum Gasteiger partial charge on any atom is -0.480 e. The third kappa shape index (κ3) is 1.96. The largest absolute Gasteiger partial charge is 0.480 e. The normalized spacial score (nSPS) is 12.4. The predicted octanol–water partition coefficient (Wildman–Crippen LogP) is 0.884. The lowest BCUT2D eigenvalue weighted by atomic mass is 10.2. The summed E-state index contributed by atoms with van der Waals surface area (Å²) in [6, 6.07) is 3.83. The van der Waals surface area contributed by atoms with Crippen molar-refractivity contribution in [1.29, 1.82) is 0 Å². The lowest BCUT2D eigenvalue weighted by Crippen LogP contribution is -2.28. The summed E-state index contributed by atoms with van der Waals surface area (Å²) in [6.45, 7) is 1.73. The first-order chi connectivity index (χ1) is 6.16. The molecule has 1 rings (SSSR count). The Labute approximate surface area is 75.4 Å². The first kappa shape index (κ1) is 9.51. The number of hydrogen-bond acceptors (Lipinski definition) is 2. The van der Waals surface area contributed by atoms with E-state index in [1.165, 1.54) is 16.8 Å². The van der Waals surface area contributed by atoms with Gasteiger partial charge in [-0.1, -0.05) is 13.0 Å². The SMILES string of the molecule is CCC(C(=O)O)n1ccccc1=O. The molecule has 1 atom stereocenters. The van der Waals surface area contributed by atoms with Crippen LogP contribution in [-0.2, 0) is 4.79 Å². The Morgan fingerprint density at radius 2 is 2.31 bits per heavy atom. The molecule has 0 spiro atoms. The van der Waals surface area contributed by atoms with Gasteiger partial charge in [0.2, 0.25) is 0 Å². The standard InChI is InChI=1S/C9H11NO3/c1-2-7(9(12)13)10-6-4-3-5-8(10)11/h3-7H,2H2,1H3,(H,12,13).